The monoisotopic (exact) mass is 327 g/mol. The van der Waals surface area contributed by atoms with E-state index in [0.29, 0.717) is 10.7 Å². The molecule has 0 spiro atoms. The number of anilines is 1. The third kappa shape index (κ3) is 3.51. The van der Waals surface area contributed by atoms with E-state index < -0.39 is 18.0 Å². The molecule has 116 valence electrons. The molecule has 0 fully saturated rings. The second kappa shape index (κ2) is 6.53. The fourth-order valence-corrected chi connectivity index (χ4v) is 2.77. The highest BCUT2D eigenvalue weighted by molar-refractivity contribution is 7.22. The first kappa shape index (κ1) is 15.1. The number of carbonyl (C=O) groups excluding carboxylic acids is 2. The van der Waals surface area contributed by atoms with Crippen LogP contribution in [-0.2, 0) is 9.53 Å². The van der Waals surface area contributed by atoms with Crippen LogP contribution in [0.15, 0.2) is 48.8 Å². The lowest BCUT2D eigenvalue weighted by molar-refractivity contribution is -0.123. The molecule has 0 aliphatic rings. The predicted octanol–water partition coefficient (Wildman–Crippen LogP) is 2.88. The maximum atomic E-state index is 12.1. The van der Waals surface area contributed by atoms with Gasteiger partial charge in [0, 0.05) is 12.4 Å². The smallest absolute Gasteiger partial charge is 0.340 e. The van der Waals surface area contributed by atoms with Crippen molar-refractivity contribution in [3.8, 4) is 0 Å². The van der Waals surface area contributed by atoms with Gasteiger partial charge in [-0.15, -0.1) is 0 Å². The Morgan fingerprint density at radius 1 is 1.22 bits per heavy atom. The number of nitrogens with one attached hydrogen (secondary N) is 1. The third-order valence-corrected chi connectivity index (χ3v) is 4.03. The second-order valence-corrected chi connectivity index (χ2v) is 5.80. The highest BCUT2D eigenvalue weighted by Gasteiger charge is 2.20. The minimum absolute atomic E-state index is 0.298. The number of amides is 1. The summed E-state index contributed by atoms with van der Waals surface area (Å²) in [5.74, 6) is -1.02. The number of benzene rings is 1. The number of thiazole rings is 1. The number of pyridine rings is 1. The summed E-state index contributed by atoms with van der Waals surface area (Å²) in [5, 5.41) is 3.14. The first-order valence-corrected chi connectivity index (χ1v) is 7.72. The number of carbonyl (C=O) groups is 2. The highest BCUT2D eigenvalue weighted by atomic mass is 32.1. The summed E-state index contributed by atoms with van der Waals surface area (Å²) < 4.78 is 6.11. The van der Waals surface area contributed by atoms with Crippen molar-refractivity contribution < 1.29 is 14.3 Å². The van der Waals surface area contributed by atoms with Gasteiger partial charge < -0.3 is 4.74 Å². The number of rotatable bonds is 4. The van der Waals surface area contributed by atoms with E-state index in [1.807, 2.05) is 24.3 Å². The number of aromatic nitrogens is 2. The molecular formula is C16H13N3O3S. The van der Waals surface area contributed by atoms with Crippen LogP contribution in [0.4, 0.5) is 5.13 Å². The van der Waals surface area contributed by atoms with Crippen molar-refractivity contribution in [2.45, 2.75) is 13.0 Å². The first-order chi connectivity index (χ1) is 11.1. The minimum atomic E-state index is -0.935. The summed E-state index contributed by atoms with van der Waals surface area (Å²) in [6.07, 6.45) is 2.01. The van der Waals surface area contributed by atoms with Crippen LogP contribution in [0.25, 0.3) is 10.2 Å². The molecule has 6 nitrogen and oxygen atoms in total. The molecule has 0 saturated heterocycles. The summed E-state index contributed by atoms with van der Waals surface area (Å²) in [6, 6.07) is 10.8. The van der Waals surface area contributed by atoms with Gasteiger partial charge in [-0.1, -0.05) is 23.5 Å². The number of esters is 1. The van der Waals surface area contributed by atoms with Crippen LogP contribution >= 0.6 is 11.3 Å². The fourth-order valence-electron chi connectivity index (χ4n) is 1.90. The van der Waals surface area contributed by atoms with Gasteiger partial charge in [-0.2, -0.15) is 0 Å². The Balaban J connectivity index is 1.64. The van der Waals surface area contributed by atoms with E-state index in [1.54, 1.807) is 18.3 Å². The van der Waals surface area contributed by atoms with Gasteiger partial charge in [-0.25, -0.2) is 9.78 Å². The number of ether oxygens (including phenoxy) is 1. The van der Waals surface area contributed by atoms with Gasteiger partial charge in [0.1, 0.15) is 0 Å². The molecule has 23 heavy (non-hydrogen) atoms. The molecule has 0 saturated carbocycles. The molecule has 0 bridgehead atoms. The van der Waals surface area contributed by atoms with Crippen LogP contribution in [0.1, 0.15) is 17.3 Å². The molecule has 3 rings (SSSR count). The van der Waals surface area contributed by atoms with Gasteiger partial charge in [0.15, 0.2) is 11.2 Å². The van der Waals surface area contributed by atoms with Crippen molar-refractivity contribution in [3.05, 3.63) is 54.4 Å². The van der Waals surface area contributed by atoms with Gasteiger partial charge in [-0.05, 0) is 31.2 Å². The molecule has 3 aromatic rings. The normalized spacial score (nSPS) is 11.9. The van der Waals surface area contributed by atoms with Gasteiger partial charge in [0.2, 0.25) is 0 Å². The zero-order valence-corrected chi connectivity index (χ0v) is 13.0. The van der Waals surface area contributed by atoms with E-state index in [4.69, 9.17) is 4.74 Å². The Morgan fingerprint density at radius 2 is 2.04 bits per heavy atom. The van der Waals surface area contributed by atoms with Crippen molar-refractivity contribution >= 4 is 38.6 Å². The first-order valence-electron chi connectivity index (χ1n) is 6.91. The van der Waals surface area contributed by atoms with Crippen LogP contribution in [-0.4, -0.2) is 27.9 Å². The molecule has 0 radical (unpaired) electrons. The van der Waals surface area contributed by atoms with Crippen LogP contribution in [0.2, 0.25) is 0 Å². The molecule has 2 heterocycles. The Kier molecular flexibility index (Phi) is 4.29. The van der Waals surface area contributed by atoms with Gasteiger partial charge in [-0.3, -0.25) is 15.1 Å². The van der Waals surface area contributed by atoms with E-state index >= 15 is 0 Å². The van der Waals surface area contributed by atoms with Crippen molar-refractivity contribution in [1.82, 2.24) is 9.97 Å². The van der Waals surface area contributed by atoms with E-state index in [9.17, 15) is 9.59 Å². The molecule has 1 N–H and O–H groups in total. The standard InChI is InChI=1S/C16H13N3O3S/c1-10(22-15(21)11-5-4-8-17-9-11)14(20)19-16-18-12-6-2-3-7-13(12)23-16/h2-10H,1H3,(H,18,19,20)/t10-/m0/s1. The van der Waals surface area contributed by atoms with Crippen LogP contribution in [0.3, 0.4) is 0 Å². The van der Waals surface area contributed by atoms with E-state index in [-0.39, 0.29) is 0 Å². The molecule has 0 aliphatic carbocycles. The van der Waals surface area contributed by atoms with Crippen molar-refractivity contribution in [2.24, 2.45) is 0 Å². The van der Waals surface area contributed by atoms with E-state index in [1.165, 1.54) is 24.5 Å². The Bertz CT molecular complexity index is 815. The molecule has 7 heteroatoms. The zero-order chi connectivity index (χ0) is 16.2. The molecule has 1 aromatic carbocycles. The maximum Gasteiger partial charge on any atom is 0.340 e. The third-order valence-electron chi connectivity index (χ3n) is 3.07. The van der Waals surface area contributed by atoms with E-state index in [2.05, 4.69) is 15.3 Å². The number of para-hydroxylation sites is 1. The lowest BCUT2D eigenvalue weighted by Crippen LogP contribution is -2.29. The average molecular weight is 327 g/mol. The summed E-state index contributed by atoms with van der Waals surface area (Å²) in [4.78, 5) is 32.2. The second-order valence-electron chi connectivity index (χ2n) is 4.77. The van der Waals surface area contributed by atoms with Crippen LogP contribution in [0, 0.1) is 0 Å². The van der Waals surface area contributed by atoms with Crippen LogP contribution in [0.5, 0.6) is 0 Å². The van der Waals surface area contributed by atoms with Crippen molar-refractivity contribution in [2.75, 3.05) is 5.32 Å². The quantitative estimate of drug-likeness (QED) is 0.745. The number of hydrogen-bond acceptors (Lipinski definition) is 6. The Labute approximate surface area is 136 Å². The topological polar surface area (TPSA) is 81.2 Å². The zero-order valence-electron chi connectivity index (χ0n) is 12.2. The molecule has 1 amide bonds. The molecule has 2 aromatic heterocycles. The minimum Gasteiger partial charge on any atom is -0.449 e. The SMILES string of the molecule is C[C@H](OC(=O)c1cccnc1)C(=O)Nc1nc2ccccc2s1. The highest BCUT2D eigenvalue weighted by Crippen LogP contribution is 2.25. The largest absolute Gasteiger partial charge is 0.449 e. The molecular weight excluding hydrogens is 314 g/mol. The molecule has 0 aliphatic heterocycles. The number of hydrogen-bond donors (Lipinski definition) is 1. The molecule has 0 unspecified atom stereocenters. The van der Waals surface area contributed by atoms with Gasteiger partial charge in [0.25, 0.3) is 5.91 Å². The fraction of sp³-hybridized carbons (Fsp3) is 0.125. The lowest BCUT2D eigenvalue weighted by atomic mass is 10.3. The lowest BCUT2D eigenvalue weighted by Gasteiger charge is -2.12. The van der Waals surface area contributed by atoms with Gasteiger partial charge in [0.05, 0.1) is 15.8 Å². The van der Waals surface area contributed by atoms with E-state index in [0.717, 1.165) is 10.2 Å². The van der Waals surface area contributed by atoms with Crippen LogP contribution < -0.4 is 5.32 Å². The predicted molar refractivity (Wildman–Crippen MR) is 87.4 cm³/mol. The summed E-state index contributed by atoms with van der Waals surface area (Å²) in [5.41, 5.74) is 1.11. The summed E-state index contributed by atoms with van der Waals surface area (Å²) in [6.45, 7) is 1.51. The van der Waals surface area contributed by atoms with Crippen molar-refractivity contribution in [3.63, 3.8) is 0 Å². The Morgan fingerprint density at radius 3 is 2.78 bits per heavy atom. The Hall–Kier alpha value is -2.80. The van der Waals surface area contributed by atoms with Crippen molar-refractivity contribution in [1.29, 1.82) is 0 Å². The summed E-state index contributed by atoms with van der Waals surface area (Å²) >= 11 is 1.36. The molecule has 1 atom stereocenters. The number of nitrogens with zero attached hydrogens (tertiary/aromatic N) is 2. The maximum absolute atomic E-state index is 12.1. The van der Waals surface area contributed by atoms with Gasteiger partial charge >= 0.3 is 5.97 Å². The summed E-state index contributed by atoms with van der Waals surface area (Å²) in [7, 11) is 0. The number of fused-ring (bicyclic) bond motifs is 1. The average Bonchev–Trinajstić information content (AvgIpc) is 2.97.